The number of rotatable bonds is 8. The van der Waals surface area contributed by atoms with Crippen molar-refractivity contribution in [2.75, 3.05) is 33.4 Å². The van der Waals surface area contributed by atoms with Crippen molar-refractivity contribution in [2.45, 2.75) is 38.6 Å². The van der Waals surface area contributed by atoms with Gasteiger partial charge in [0.2, 0.25) is 0 Å². The number of nitrogens with zero attached hydrogens (tertiary/aromatic N) is 1. The minimum Gasteiger partial charge on any atom is -0.380 e. The molecule has 0 bridgehead atoms. The summed E-state index contributed by atoms with van der Waals surface area (Å²) in [4.78, 5) is 2.32. The van der Waals surface area contributed by atoms with Gasteiger partial charge in [-0.3, -0.25) is 4.90 Å². The average molecular weight is 214 g/mol. The van der Waals surface area contributed by atoms with E-state index in [9.17, 15) is 0 Å². The summed E-state index contributed by atoms with van der Waals surface area (Å²) in [6, 6.07) is 0. The van der Waals surface area contributed by atoms with Gasteiger partial charge >= 0.3 is 0 Å². The van der Waals surface area contributed by atoms with E-state index in [1.165, 1.54) is 12.8 Å². The third kappa shape index (κ3) is 4.09. The topological polar surface area (TPSA) is 38.5 Å². The highest BCUT2D eigenvalue weighted by atomic mass is 16.5. The van der Waals surface area contributed by atoms with E-state index in [0.717, 1.165) is 32.1 Å². The summed E-state index contributed by atoms with van der Waals surface area (Å²) in [5, 5.41) is 0. The van der Waals surface area contributed by atoms with E-state index in [4.69, 9.17) is 10.5 Å². The highest BCUT2D eigenvalue weighted by molar-refractivity contribution is 4.83. The maximum absolute atomic E-state index is 5.80. The smallest absolute Gasteiger partial charge is 0.0593 e. The van der Waals surface area contributed by atoms with Gasteiger partial charge in [0, 0.05) is 25.2 Å². The summed E-state index contributed by atoms with van der Waals surface area (Å²) in [5.41, 5.74) is 5.93. The number of likely N-dealkylation sites (N-methyl/N-ethyl adjacent to an activating group) is 1. The normalized spacial score (nSPS) is 20.6. The summed E-state index contributed by atoms with van der Waals surface area (Å²) in [6.45, 7) is 7.89. The molecular weight excluding hydrogens is 188 g/mol. The van der Waals surface area contributed by atoms with Gasteiger partial charge in [0.15, 0.2) is 0 Å². The first kappa shape index (κ1) is 12.9. The highest BCUT2D eigenvalue weighted by Crippen LogP contribution is 2.28. The van der Waals surface area contributed by atoms with Crippen LogP contribution in [0.4, 0.5) is 0 Å². The zero-order valence-electron chi connectivity index (χ0n) is 10.5. The van der Waals surface area contributed by atoms with Gasteiger partial charge in [-0.15, -0.1) is 0 Å². The predicted molar refractivity (Wildman–Crippen MR) is 63.9 cm³/mol. The van der Waals surface area contributed by atoms with E-state index in [1.54, 1.807) is 0 Å². The van der Waals surface area contributed by atoms with E-state index < -0.39 is 0 Å². The molecule has 0 heterocycles. The largest absolute Gasteiger partial charge is 0.380 e. The minimum absolute atomic E-state index is 0.128. The molecule has 1 rings (SSSR count). The molecule has 1 unspecified atom stereocenters. The quantitative estimate of drug-likeness (QED) is 0.622. The molecule has 0 aromatic rings. The molecular formula is C12H26N2O. The molecule has 90 valence electrons. The van der Waals surface area contributed by atoms with Crippen molar-refractivity contribution in [2.24, 2.45) is 11.7 Å². The third-order valence-corrected chi connectivity index (χ3v) is 3.74. The van der Waals surface area contributed by atoms with Crippen LogP contribution in [0, 0.1) is 5.92 Å². The monoisotopic (exact) mass is 214 g/mol. The van der Waals surface area contributed by atoms with E-state index in [2.05, 4.69) is 25.8 Å². The molecule has 3 nitrogen and oxygen atoms in total. The number of hydrogen-bond acceptors (Lipinski definition) is 3. The van der Waals surface area contributed by atoms with Crippen LogP contribution in [-0.4, -0.2) is 43.8 Å². The molecule has 1 saturated carbocycles. The van der Waals surface area contributed by atoms with Crippen LogP contribution < -0.4 is 5.73 Å². The highest BCUT2D eigenvalue weighted by Gasteiger charge is 2.25. The van der Waals surface area contributed by atoms with Crippen LogP contribution in [0.25, 0.3) is 0 Å². The fraction of sp³-hybridized carbons (Fsp3) is 1.00. The Morgan fingerprint density at radius 1 is 1.47 bits per heavy atom. The van der Waals surface area contributed by atoms with Crippen molar-refractivity contribution >= 4 is 0 Å². The first-order valence-electron chi connectivity index (χ1n) is 6.11. The second-order valence-corrected chi connectivity index (χ2v) is 4.99. The first-order chi connectivity index (χ1) is 7.12. The summed E-state index contributed by atoms with van der Waals surface area (Å²) < 4.78 is 5.63. The van der Waals surface area contributed by atoms with E-state index in [1.807, 2.05) is 0 Å². The maximum Gasteiger partial charge on any atom is 0.0593 e. The van der Waals surface area contributed by atoms with E-state index in [-0.39, 0.29) is 5.54 Å². The Morgan fingerprint density at radius 2 is 2.13 bits per heavy atom. The van der Waals surface area contributed by atoms with Crippen molar-refractivity contribution in [1.29, 1.82) is 0 Å². The Morgan fingerprint density at radius 3 is 2.60 bits per heavy atom. The molecule has 0 saturated heterocycles. The Bertz CT molecular complexity index is 176. The summed E-state index contributed by atoms with van der Waals surface area (Å²) in [7, 11) is 2.14. The Hall–Kier alpha value is -0.120. The van der Waals surface area contributed by atoms with Gasteiger partial charge < -0.3 is 10.5 Å². The SMILES string of the molecule is CCC(C)(CN)N(C)CCOCC1CC1. The van der Waals surface area contributed by atoms with E-state index in [0.29, 0.717) is 6.54 Å². The van der Waals surface area contributed by atoms with Gasteiger partial charge in [-0.2, -0.15) is 0 Å². The van der Waals surface area contributed by atoms with E-state index >= 15 is 0 Å². The molecule has 0 aromatic heterocycles. The minimum atomic E-state index is 0.128. The number of ether oxygens (including phenoxy) is 1. The Kier molecular flexibility index (Phi) is 5.03. The summed E-state index contributed by atoms with van der Waals surface area (Å²) in [5.74, 6) is 0.863. The summed E-state index contributed by atoms with van der Waals surface area (Å²) >= 11 is 0. The van der Waals surface area contributed by atoms with Crippen molar-refractivity contribution in [3.8, 4) is 0 Å². The second-order valence-electron chi connectivity index (χ2n) is 4.99. The lowest BCUT2D eigenvalue weighted by Crippen LogP contribution is -2.50. The van der Waals surface area contributed by atoms with Crippen LogP contribution in [0.2, 0.25) is 0 Å². The van der Waals surface area contributed by atoms with Gasteiger partial charge in [-0.25, -0.2) is 0 Å². The van der Waals surface area contributed by atoms with Crippen LogP contribution in [0.1, 0.15) is 33.1 Å². The van der Waals surface area contributed by atoms with Gasteiger partial charge in [-0.05, 0) is 39.2 Å². The van der Waals surface area contributed by atoms with Crippen molar-refractivity contribution in [1.82, 2.24) is 4.90 Å². The fourth-order valence-electron chi connectivity index (χ4n) is 1.58. The standard InChI is InChI=1S/C12H26N2O/c1-4-12(2,10-13)14(3)7-8-15-9-11-5-6-11/h11H,4-10,13H2,1-3H3. The van der Waals surface area contributed by atoms with Crippen molar-refractivity contribution in [3.05, 3.63) is 0 Å². The molecule has 0 aliphatic heterocycles. The third-order valence-electron chi connectivity index (χ3n) is 3.74. The van der Waals surface area contributed by atoms with Gasteiger partial charge in [-0.1, -0.05) is 6.92 Å². The zero-order chi connectivity index (χ0) is 11.3. The molecule has 1 aliphatic rings. The predicted octanol–water partition coefficient (Wildman–Crippen LogP) is 1.47. The average Bonchev–Trinajstić information content (AvgIpc) is 3.06. The van der Waals surface area contributed by atoms with Gasteiger partial charge in [0.25, 0.3) is 0 Å². The molecule has 15 heavy (non-hydrogen) atoms. The molecule has 0 spiro atoms. The summed E-state index contributed by atoms with van der Waals surface area (Å²) in [6.07, 6.45) is 3.82. The fourth-order valence-corrected chi connectivity index (χ4v) is 1.58. The van der Waals surface area contributed by atoms with Crippen LogP contribution in [-0.2, 0) is 4.74 Å². The van der Waals surface area contributed by atoms with Crippen molar-refractivity contribution in [3.63, 3.8) is 0 Å². The molecule has 1 aliphatic carbocycles. The molecule has 1 fully saturated rings. The lowest BCUT2D eigenvalue weighted by Gasteiger charge is -2.37. The second kappa shape index (κ2) is 5.83. The Labute approximate surface area is 94.0 Å². The molecule has 0 aromatic carbocycles. The molecule has 0 radical (unpaired) electrons. The molecule has 2 N–H and O–H groups in total. The lowest BCUT2D eigenvalue weighted by atomic mass is 9.97. The number of nitrogens with two attached hydrogens (primary N) is 1. The number of hydrogen-bond donors (Lipinski definition) is 1. The van der Waals surface area contributed by atoms with Crippen LogP contribution in [0.5, 0.6) is 0 Å². The van der Waals surface area contributed by atoms with Crippen LogP contribution >= 0.6 is 0 Å². The lowest BCUT2D eigenvalue weighted by molar-refractivity contribution is 0.0644. The van der Waals surface area contributed by atoms with Crippen LogP contribution in [0.15, 0.2) is 0 Å². The molecule has 3 heteroatoms. The van der Waals surface area contributed by atoms with Gasteiger partial charge in [0.05, 0.1) is 6.61 Å². The maximum atomic E-state index is 5.80. The van der Waals surface area contributed by atoms with Crippen LogP contribution in [0.3, 0.4) is 0 Å². The first-order valence-corrected chi connectivity index (χ1v) is 6.11. The molecule has 0 amide bonds. The van der Waals surface area contributed by atoms with Crippen molar-refractivity contribution < 1.29 is 4.74 Å². The Balaban J connectivity index is 2.12. The zero-order valence-corrected chi connectivity index (χ0v) is 10.5. The van der Waals surface area contributed by atoms with Gasteiger partial charge in [0.1, 0.15) is 0 Å². The molecule has 1 atom stereocenters.